The van der Waals surface area contributed by atoms with Crippen LogP contribution in [-0.4, -0.2) is 73.8 Å². The number of benzene rings is 4. The largest absolute Gasteiger partial charge is 0.462 e. The third-order valence-corrected chi connectivity index (χ3v) is 11.5. The minimum absolute atomic E-state index is 0.148. The van der Waals surface area contributed by atoms with Gasteiger partial charge in [0.05, 0.1) is 25.7 Å². The van der Waals surface area contributed by atoms with Gasteiger partial charge in [-0.2, -0.15) is 0 Å². The molecule has 4 aromatic carbocycles. The molecule has 0 heterocycles. The van der Waals surface area contributed by atoms with E-state index < -0.39 is 47.7 Å². The van der Waals surface area contributed by atoms with E-state index in [-0.39, 0.29) is 75.2 Å². The van der Waals surface area contributed by atoms with Crippen LogP contribution in [0.4, 0.5) is 0 Å². The molecule has 6 rings (SSSR count). The highest BCUT2D eigenvalue weighted by Gasteiger charge is 2.34. The third kappa shape index (κ3) is 13.0. The topological polar surface area (TPSA) is 192 Å². The van der Waals surface area contributed by atoms with Crippen LogP contribution < -0.4 is 9.47 Å². The van der Waals surface area contributed by atoms with Gasteiger partial charge >= 0.3 is 35.8 Å². The Hall–Kier alpha value is -8.26. The van der Waals surface area contributed by atoms with Crippen molar-refractivity contribution in [3.8, 4) is 11.5 Å². The van der Waals surface area contributed by atoms with E-state index in [4.69, 9.17) is 28.4 Å². The second-order valence-corrected chi connectivity index (χ2v) is 16.0. The van der Waals surface area contributed by atoms with Crippen LogP contribution in [0.1, 0.15) is 107 Å². The van der Waals surface area contributed by atoms with E-state index in [0.717, 1.165) is 34.4 Å². The first kappa shape index (κ1) is 51.1. The minimum atomic E-state index is -0.668. The summed E-state index contributed by atoms with van der Waals surface area (Å²) >= 11 is 0. The minimum Gasteiger partial charge on any atom is -0.462 e. The van der Waals surface area contributed by atoms with Gasteiger partial charge in [0.25, 0.3) is 0 Å². The van der Waals surface area contributed by atoms with E-state index in [9.17, 15) is 38.4 Å². The Balaban J connectivity index is 1.26. The van der Waals surface area contributed by atoms with Crippen LogP contribution in [0, 0.1) is 0 Å². The number of hydrogen-bond acceptors (Lipinski definition) is 14. The van der Waals surface area contributed by atoms with Crippen LogP contribution in [-0.2, 0) is 47.7 Å². The highest BCUT2D eigenvalue weighted by atomic mass is 16.6. The van der Waals surface area contributed by atoms with Crippen molar-refractivity contribution < 1.29 is 66.8 Å². The van der Waals surface area contributed by atoms with E-state index in [2.05, 4.69) is 13.2 Å². The van der Waals surface area contributed by atoms with E-state index >= 15 is 0 Å². The molecule has 0 bridgehead atoms. The van der Waals surface area contributed by atoms with Gasteiger partial charge in [0.15, 0.2) is 11.6 Å². The van der Waals surface area contributed by atoms with Crippen molar-refractivity contribution in [3.05, 3.63) is 179 Å². The number of allylic oxidation sites excluding steroid dienone is 6. The summed E-state index contributed by atoms with van der Waals surface area (Å²) < 4.78 is 30.8. The monoisotopic (exact) mass is 948 g/mol. The number of carbonyl (C=O) groups excluding carboxylic acids is 8. The van der Waals surface area contributed by atoms with Gasteiger partial charge in [-0.25, -0.2) is 9.59 Å². The Bertz CT molecular complexity index is 2620. The van der Waals surface area contributed by atoms with Crippen molar-refractivity contribution in [3.63, 3.8) is 0 Å². The molecule has 4 aromatic rings. The quantitative estimate of drug-likeness (QED) is 0.0238. The van der Waals surface area contributed by atoms with Gasteiger partial charge in [-0.3, -0.25) is 28.8 Å². The molecule has 14 nitrogen and oxygen atoms in total. The van der Waals surface area contributed by atoms with Gasteiger partial charge in [-0.1, -0.05) is 99.8 Å². The predicted octanol–water partition coefficient (Wildman–Crippen LogP) is 9.15. The molecular formula is C56H52O14. The Kier molecular flexibility index (Phi) is 18.0. The molecule has 0 saturated carbocycles. The summed E-state index contributed by atoms with van der Waals surface area (Å²) in [5.74, 6) is -4.73. The van der Waals surface area contributed by atoms with E-state index in [0.29, 0.717) is 46.2 Å². The summed E-state index contributed by atoms with van der Waals surface area (Å²) in [4.78, 5) is 102. The average Bonchev–Trinajstić information content (AvgIpc) is 3.37. The van der Waals surface area contributed by atoms with Crippen molar-refractivity contribution >= 4 is 58.5 Å². The number of fused-ring (bicyclic) bond motifs is 2. The molecule has 0 amide bonds. The third-order valence-electron chi connectivity index (χ3n) is 11.5. The molecule has 2 atom stereocenters. The first-order chi connectivity index (χ1) is 33.8. The molecule has 0 fully saturated rings. The van der Waals surface area contributed by atoms with Crippen LogP contribution >= 0.6 is 0 Å². The molecule has 0 radical (unpaired) electrons. The van der Waals surface area contributed by atoms with Gasteiger partial charge in [0.2, 0.25) is 0 Å². The molecule has 2 aliphatic rings. The lowest BCUT2D eigenvalue weighted by Gasteiger charge is -2.29. The van der Waals surface area contributed by atoms with Crippen molar-refractivity contribution in [2.75, 3.05) is 26.4 Å². The van der Waals surface area contributed by atoms with Gasteiger partial charge in [-0.05, 0) is 82.7 Å². The first-order valence-electron chi connectivity index (χ1n) is 22.8. The van der Waals surface area contributed by atoms with Crippen LogP contribution in [0.5, 0.6) is 11.5 Å². The predicted molar refractivity (Wildman–Crippen MR) is 257 cm³/mol. The lowest BCUT2D eigenvalue weighted by atomic mass is 9.73. The maximum absolute atomic E-state index is 14.5. The Morgan fingerprint density at radius 2 is 0.829 bits per heavy atom. The van der Waals surface area contributed by atoms with Gasteiger partial charge in [0.1, 0.15) is 37.9 Å². The van der Waals surface area contributed by atoms with Crippen molar-refractivity contribution in [1.29, 1.82) is 0 Å². The summed E-state index contributed by atoms with van der Waals surface area (Å²) in [6.45, 7) is 9.87. The number of carbonyl (C=O) groups is 8. The van der Waals surface area contributed by atoms with Crippen molar-refractivity contribution in [2.24, 2.45) is 0 Å². The van der Waals surface area contributed by atoms with Crippen LogP contribution in [0.3, 0.4) is 0 Å². The number of Topliss-reactive ketones (excluding diaryl/α,β-unsaturated/α-hetero) is 2. The molecule has 0 aliphatic heterocycles. The van der Waals surface area contributed by atoms with Gasteiger partial charge in [-0.15, -0.1) is 0 Å². The SMILES string of the molecule is C=CC(=O)OCCOC(=O)CCC(=O)Oc1cccc(C(CC)C2=C/C(=C3/C=C(C(CC)c4cccc(OC(=O)CCC(=O)OCCOC(=O)C=C)c4)C(=O)c4ccccc43)c3ccccc3C2=O)c1. The zero-order chi connectivity index (χ0) is 50.2. The highest BCUT2D eigenvalue weighted by molar-refractivity contribution is 6.24. The maximum atomic E-state index is 14.5. The molecule has 0 saturated heterocycles. The fourth-order valence-electron chi connectivity index (χ4n) is 8.19. The second-order valence-electron chi connectivity index (χ2n) is 16.0. The van der Waals surface area contributed by atoms with Crippen LogP contribution in [0.2, 0.25) is 0 Å². The number of esters is 6. The summed E-state index contributed by atoms with van der Waals surface area (Å²) in [5, 5.41) is 0. The normalized spacial score (nSPS) is 14.5. The Morgan fingerprint density at radius 1 is 0.471 bits per heavy atom. The number of hydrogen-bond donors (Lipinski definition) is 0. The number of rotatable bonds is 22. The molecule has 14 heteroatoms. The zero-order valence-electron chi connectivity index (χ0n) is 38.9. The molecule has 0 aromatic heterocycles. The lowest BCUT2D eigenvalue weighted by molar-refractivity contribution is -0.151. The Labute approximate surface area is 405 Å². The molecular weight excluding hydrogens is 897 g/mol. The summed E-state index contributed by atoms with van der Waals surface area (Å²) in [6, 6.07) is 28.5. The van der Waals surface area contributed by atoms with Crippen LogP contribution in [0.25, 0.3) is 11.1 Å². The number of ketones is 2. The van der Waals surface area contributed by atoms with E-state index in [1.54, 1.807) is 60.7 Å². The molecule has 2 unspecified atom stereocenters. The number of ether oxygens (including phenoxy) is 6. The maximum Gasteiger partial charge on any atom is 0.330 e. The summed E-state index contributed by atoms with van der Waals surface area (Å²) in [5.41, 5.74) is 6.29. The molecule has 360 valence electrons. The molecule has 0 N–H and O–H groups in total. The fourth-order valence-corrected chi connectivity index (χ4v) is 8.19. The Morgan fingerprint density at radius 3 is 1.20 bits per heavy atom. The lowest BCUT2D eigenvalue weighted by Crippen LogP contribution is -2.20. The van der Waals surface area contributed by atoms with Crippen molar-refractivity contribution in [1.82, 2.24) is 0 Å². The highest BCUT2D eigenvalue weighted by Crippen LogP contribution is 2.46. The van der Waals surface area contributed by atoms with E-state index in [1.807, 2.05) is 62.4 Å². The van der Waals surface area contributed by atoms with E-state index in [1.165, 1.54) is 0 Å². The summed E-state index contributed by atoms with van der Waals surface area (Å²) in [6.07, 6.45) is 5.75. The van der Waals surface area contributed by atoms with Crippen LogP contribution in [0.15, 0.2) is 146 Å². The van der Waals surface area contributed by atoms with Gasteiger partial charge < -0.3 is 28.4 Å². The standard InChI is InChI=1S/C56H52O14/c1-5-39(35-15-13-17-37(31-35)69-53(61)25-23-51(59)67-29-27-65-49(57)7-3)47-33-45(41-19-9-11-21-43(41)55(47)63)46-34-48(56(64)44-22-12-10-20-42(44)46)40(6-2)36-16-14-18-38(32-36)70-54(62)26-24-52(60)68-30-28-66-50(58)8-4/h7-22,31-34,39-40H,3-6,23-30H2,1-2H3/b46-45+. The molecule has 2 aliphatic carbocycles. The zero-order valence-corrected chi connectivity index (χ0v) is 38.9. The van der Waals surface area contributed by atoms with Crippen molar-refractivity contribution in [2.45, 2.75) is 64.2 Å². The van der Waals surface area contributed by atoms with Gasteiger partial charge in [0, 0.05) is 46.3 Å². The second kappa shape index (κ2) is 24.7. The molecule has 0 spiro atoms. The average molecular weight is 949 g/mol. The first-order valence-corrected chi connectivity index (χ1v) is 22.8. The summed E-state index contributed by atoms with van der Waals surface area (Å²) in [7, 11) is 0. The fraction of sp³-hybridized carbons (Fsp3) is 0.250. The molecule has 70 heavy (non-hydrogen) atoms. The smallest absolute Gasteiger partial charge is 0.330 e.